The average Bonchev–Trinajstić information content (AvgIpc) is 2.46. The molecule has 1 amide bonds. The van der Waals surface area contributed by atoms with E-state index < -0.39 is 0 Å². The molecule has 0 spiro atoms. The summed E-state index contributed by atoms with van der Waals surface area (Å²) < 4.78 is 10.9. The maximum absolute atomic E-state index is 12.4. The first-order chi connectivity index (χ1) is 9.27. The molecular weight excluding hydrogens is 250 g/mol. The van der Waals surface area contributed by atoms with E-state index in [0.29, 0.717) is 30.3 Å². The smallest absolute Gasteiger partial charge is 0.257 e. The molecule has 2 N–H and O–H groups in total. The van der Waals surface area contributed by atoms with Crippen LogP contribution in [0.2, 0.25) is 0 Å². The number of hydrogen-bond donors (Lipinski definition) is 2. The van der Waals surface area contributed by atoms with E-state index in [2.05, 4.69) is 0 Å². The molecule has 0 aromatic heterocycles. The van der Waals surface area contributed by atoms with Crippen LogP contribution >= 0.6 is 0 Å². The Hall–Kier alpha value is -1.79. The largest absolute Gasteiger partial charge is 0.486 e. The van der Waals surface area contributed by atoms with Crippen molar-refractivity contribution in [1.29, 1.82) is 0 Å². The number of para-hydroxylation sites is 1. The molecule has 1 aliphatic rings. The Morgan fingerprint density at radius 2 is 1.84 bits per heavy atom. The molecule has 0 fully saturated rings. The summed E-state index contributed by atoms with van der Waals surface area (Å²) in [6.45, 7) is 0.892. The number of amides is 1. The van der Waals surface area contributed by atoms with Crippen LogP contribution in [0.1, 0.15) is 10.4 Å². The van der Waals surface area contributed by atoms with Gasteiger partial charge >= 0.3 is 0 Å². The second-order valence-electron chi connectivity index (χ2n) is 4.07. The quantitative estimate of drug-likeness (QED) is 0.778. The maximum Gasteiger partial charge on any atom is 0.257 e. The van der Waals surface area contributed by atoms with Gasteiger partial charge in [-0.25, -0.2) is 0 Å². The van der Waals surface area contributed by atoms with Crippen molar-refractivity contribution in [1.82, 2.24) is 4.90 Å². The van der Waals surface area contributed by atoms with Gasteiger partial charge in [-0.1, -0.05) is 6.07 Å². The fourth-order valence-corrected chi connectivity index (χ4v) is 1.97. The Morgan fingerprint density at radius 3 is 2.53 bits per heavy atom. The minimum Gasteiger partial charge on any atom is -0.486 e. The van der Waals surface area contributed by atoms with Crippen molar-refractivity contribution >= 4 is 5.91 Å². The van der Waals surface area contributed by atoms with E-state index >= 15 is 0 Å². The highest BCUT2D eigenvalue weighted by Gasteiger charge is 2.23. The SMILES string of the molecule is O=C(c1cccc2c1OCCO2)N(CCO)CCO. The van der Waals surface area contributed by atoms with Crippen LogP contribution in [0.3, 0.4) is 0 Å². The van der Waals surface area contributed by atoms with E-state index in [1.807, 2.05) is 0 Å². The van der Waals surface area contributed by atoms with Crippen LogP contribution in [-0.4, -0.2) is 60.5 Å². The van der Waals surface area contributed by atoms with Gasteiger partial charge in [0.1, 0.15) is 13.2 Å². The molecule has 1 heterocycles. The van der Waals surface area contributed by atoms with Gasteiger partial charge in [0, 0.05) is 13.1 Å². The molecule has 0 atom stereocenters. The molecule has 0 aliphatic carbocycles. The Bertz CT molecular complexity index is 443. The van der Waals surface area contributed by atoms with Crippen LogP contribution in [0.4, 0.5) is 0 Å². The number of hydrogen-bond acceptors (Lipinski definition) is 5. The van der Waals surface area contributed by atoms with Gasteiger partial charge in [0.25, 0.3) is 5.91 Å². The molecule has 1 aliphatic heterocycles. The molecule has 0 radical (unpaired) electrons. The number of aliphatic hydroxyl groups is 2. The standard InChI is InChI=1S/C13H17NO5/c15-6-4-14(5-7-16)13(17)10-2-1-3-11-12(10)19-9-8-18-11/h1-3,15-16H,4-9H2. The lowest BCUT2D eigenvalue weighted by Crippen LogP contribution is -2.36. The average molecular weight is 267 g/mol. The maximum atomic E-state index is 12.4. The summed E-state index contributed by atoms with van der Waals surface area (Å²) in [4.78, 5) is 13.7. The molecule has 2 rings (SSSR count). The van der Waals surface area contributed by atoms with E-state index in [1.54, 1.807) is 18.2 Å². The van der Waals surface area contributed by atoms with Gasteiger partial charge in [-0.3, -0.25) is 4.79 Å². The van der Waals surface area contributed by atoms with E-state index in [9.17, 15) is 4.79 Å². The minimum atomic E-state index is -0.287. The monoisotopic (exact) mass is 267 g/mol. The zero-order chi connectivity index (χ0) is 13.7. The van der Waals surface area contributed by atoms with E-state index in [0.717, 1.165) is 0 Å². The number of carbonyl (C=O) groups excluding carboxylic acids is 1. The third-order valence-electron chi connectivity index (χ3n) is 2.82. The first-order valence-corrected chi connectivity index (χ1v) is 6.17. The van der Waals surface area contributed by atoms with Crippen molar-refractivity contribution < 1.29 is 24.5 Å². The molecule has 1 aromatic carbocycles. The zero-order valence-corrected chi connectivity index (χ0v) is 10.5. The predicted molar refractivity (Wildman–Crippen MR) is 67.5 cm³/mol. The second kappa shape index (κ2) is 6.40. The van der Waals surface area contributed by atoms with Crippen molar-refractivity contribution in [3.8, 4) is 11.5 Å². The summed E-state index contributed by atoms with van der Waals surface area (Å²) in [5, 5.41) is 17.9. The van der Waals surface area contributed by atoms with E-state index in [4.69, 9.17) is 19.7 Å². The van der Waals surface area contributed by atoms with Crippen molar-refractivity contribution in [2.75, 3.05) is 39.5 Å². The molecule has 6 heteroatoms. The third kappa shape index (κ3) is 2.97. The van der Waals surface area contributed by atoms with Gasteiger partial charge in [0.2, 0.25) is 0 Å². The molecule has 19 heavy (non-hydrogen) atoms. The van der Waals surface area contributed by atoms with Gasteiger partial charge < -0.3 is 24.6 Å². The zero-order valence-electron chi connectivity index (χ0n) is 10.5. The van der Waals surface area contributed by atoms with Gasteiger partial charge in [0.05, 0.1) is 18.8 Å². The van der Waals surface area contributed by atoms with Crippen molar-refractivity contribution in [3.63, 3.8) is 0 Å². The molecule has 1 aromatic rings. The molecule has 6 nitrogen and oxygen atoms in total. The lowest BCUT2D eigenvalue weighted by atomic mass is 10.1. The van der Waals surface area contributed by atoms with Crippen LogP contribution in [-0.2, 0) is 0 Å². The topological polar surface area (TPSA) is 79.2 Å². The molecule has 0 unspecified atom stereocenters. The van der Waals surface area contributed by atoms with Crippen LogP contribution in [0, 0.1) is 0 Å². The number of fused-ring (bicyclic) bond motifs is 1. The number of rotatable bonds is 5. The van der Waals surface area contributed by atoms with Gasteiger partial charge in [-0.05, 0) is 12.1 Å². The highest BCUT2D eigenvalue weighted by molar-refractivity contribution is 5.97. The first-order valence-electron chi connectivity index (χ1n) is 6.17. The van der Waals surface area contributed by atoms with Crippen molar-refractivity contribution in [2.24, 2.45) is 0 Å². The molecule has 0 bridgehead atoms. The Labute approximate surface area is 111 Å². The van der Waals surface area contributed by atoms with Gasteiger partial charge in [0.15, 0.2) is 11.5 Å². The van der Waals surface area contributed by atoms with Gasteiger partial charge in [-0.15, -0.1) is 0 Å². The lowest BCUT2D eigenvalue weighted by molar-refractivity contribution is 0.0675. The predicted octanol–water partition coefficient (Wildman–Crippen LogP) is -0.115. The number of aliphatic hydroxyl groups excluding tert-OH is 2. The minimum absolute atomic E-state index is 0.155. The van der Waals surface area contributed by atoms with Crippen molar-refractivity contribution in [3.05, 3.63) is 23.8 Å². The molecular formula is C13H17NO5. The van der Waals surface area contributed by atoms with Crippen molar-refractivity contribution in [2.45, 2.75) is 0 Å². The summed E-state index contributed by atoms with van der Waals surface area (Å²) in [5.41, 5.74) is 0.388. The normalized spacial score (nSPS) is 13.2. The van der Waals surface area contributed by atoms with Crippen LogP contribution < -0.4 is 9.47 Å². The second-order valence-corrected chi connectivity index (χ2v) is 4.07. The number of ether oxygens (including phenoxy) is 2. The van der Waals surface area contributed by atoms with E-state index in [-0.39, 0.29) is 32.2 Å². The first kappa shape index (κ1) is 13.6. The summed E-state index contributed by atoms with van der Waals surface area (Å²) in [6.07, 6.45) is 0. The van der Waals surface area contributed by atoms with Crippen LogP contribution in [0.15, 0.2) is 18.2 Å². The third-order valence-corrected chi connectivity index (χ3v) is 2.82. The van der Waals surface area contributed by atoms with Gasteiger partial charge in [-0.2, -0.15) is 0 Å². The fraction of sp³-hybridized carbons (Fsp3) is 0.462. The Morgan fingerprint density at radius 1 is 1.16 bits per heavy atom. The Balaban J connectivity index is 2.27. The summed E-state index contributed by atoms with van der Waals surface area (Å²) >= 11 is 0. The summed E-state index contributed by atoms with van der Waals surface area (Å²) in [5.74, 6) is 0.690. The van der Waals surface area contributed by atoms with Crippen LogP contribution in [0.5, 0.6) is 11.5 Å². The highest BCUT2D eigenvalue weighted by Crippen LogP contribution is 2.34. The summed E-state index contributed by atoms with van der Waals surface area (Å²) in [6, 6.07) is 5.11. The highest BCUT2D eigenvalue weighted by atomic mass is 16.6. The summed E-state index contributed by atoms with van der Waals surface area (Å²) in [7, 11) is 0. The number of nitrogens with zero attached hydrogens (tertiary/aromatic N) is 1. The number of carbonyl (C=O) groups is 1. The number of benzene rings is 1. The fourth-order valence-electron chi connectivity index (χ4n) is 1.97. The van der Waals surface area contributed by atoms with E-state index in [1.165, 1.54) is 4.90 Å². The molecule has 104 valence electrons. The van der Waals surface area contributed by atoms with Crippen LogP contribution in [0.25, 0.3) is 0 Å². The lowest BCUT2D eigenvalue weighted by Gasteiger charge is -2.24. The molecule has 0 saturated heterocycles. The Kier molecular flexibility index (Phi) is 4.59. The molecule has 0 saturated carbocycles.